The van der Waals surface area contributed by atoms with Crippen LogP contribution >= 0.6 is 11.3 Å². The molecule has 0 aliphatic heterocycles. The topological polar surface area (TPSA) is 46.2 Å². The summed E-state index contributed by atoms with van der Waals surface area (Å²) < 4.78 is 13.8. The first-order valence-electron chi connectivity index (χ1n) is 8.78. The van der Waals surface area contributed by atoms with Crippen LogP contribution in [-0.2, 0) is 4.79 Å². The molecule has 2 saturated carbocycles. The highest BCUT2D eigenvalue weighted by molar-refractivity contribution is 7.10. The largest absolute Gasteiger partial charge is 0.324 e. The van der Waals surface area contributed by atoms with E-state index in [4.69, 9.17) is 0 Å². The molecule has 0 atom stereocenters. The first-order valence-corrected chi connectivity index (χ1v) is 9.66. The molecule has 0 radical (unpaired) electrons. The zero-order valence-corrected chi connectivity index (χ0v) is 15.5. The average Bonchev–Trinajstić information content (AvgIpc) is 2.81. The lowest BCUT2D eigenvalue weighted by Crippen LogP contribution is -2.48. The molecule has 24 heavy (non-hydrogen) atoms. The molecule has 2 aliphatic rings. The number of alkyl halides is 1. The maximum Gasteiger partial charge on any atom is 0.224 e. The van der Waals surface area contributed by atoms with Crippen LogP contribution in [0.5, 0.6) is 0 Å². The molecular weight excluding hydrogens is 325 g/mol. The van der Waals surface area contributed by atoms with Crippen LogP contribution in [-0.4, -0.2) is 17.4 Å². The lowest BCUT2D eigenvalue weighted by molar-refractivity contribution is -0.119. The van der Waals surface area contributed by atoms with Crippen molar-refractivity contribution < 1.29 is 14.0 Å². The van der Waals surface area contributed by atoms with Crippen LogP contribution in [0.25, 0.3) is 0 Å². The van der Waals surface area contributed by atoms with Gasteiger partial charge in [-0.1, -0.05) is 0 Å². The van der Waals surface area contributed by atoms with E-state index < -0.39 is 5.67 Å². The Kier molecular flexibility index (Phi) is 4.58. The van der Waals surface area contributed by atoms with E-state index in [1.54, 1.807) is 6.92 Å². The maximum atomic E-state index is 13.8. The maximum absolute atomic E-state index is 13.8. The summed E-state index contributed by atoms with van der Waals surface area (Å²) in [5, 5.41) is 4.75. The average molecular weight is 351 g/mol. The van der Waals surface area contributed by atoms with Crippen molar-refractivity contribution in [1.29, 1.82) is 0 Å². The fourth-order valence-electron chi connectivity index (χ4n) is 4.68. The van der Waals surface area contributed by atoms with Gasteiger partial charge in [0.1, 0.15) is 5.67 Å². The van der Waals surface area contributed by atoms with E-state index in [9.17, 15) is 14.0 Å². The molecule has 1 aromatic heterocycles. The lowest BCUT2D eigenvalue weighted by Gasteiger charge is -2.53. The Balaban J connectivity index is 1.52. The van der Waals surface area contributed by atoms with E-state index in [2.05, 4.69) is 5.32 Å². The molecule has 3 rings (SSSR count). The number of aryl methyl sites for hydroxylation is 1. The van der Waals surface area contributed by atoms with Gasteiger partial charge in [0.05, 0.1) is 11.3 Å². The van der Waals surface area contributed by atoms with Crippen LogP contribution in [0.1, 0.15) is 74.0 Å². The smallest absolute Gasteiger partial charge is 0.224 e. The Hall–Kier alpha value is -1.23. The Bertz CT molecular complexity index is 646. The first kappa shape index (κ1) is 17.6. The van der Waals surface area contributed by atoms with Crippen molar-refractivity contribution in [2.24, 2.45) is 11.3 Å². The molecule has 2 aliphatic carbocycles. The minimum Gasteiger partial charge on any atom is -0.324 e. The zero-order valence-electron chi connectivity index (χ0n) is 14.7. The highest BCUT2D eigenvalue weighted by atomic mass is 32.1. The quantitative estimate of drug-likeness (QED) is 0.750. The number of carbonyl (C=O) groups excluding carboxylic acids is 2. The van der Waals surface area contributed by atoms with Crippen molar-refractivity contribution in [2.75, 3.05) is 5.32 Å². The second kappa shape index (κ2) is 6.25. The summed E-state index contributed by atoms with van der Waals surface area (Å²) in [6.45, 7) is 5.14. The normalized spacial score (nSPS) is 32.4. The number of amides is 1. The minimum atomic E-state index is -0.968. The van der Waals surface area contributed by atoms with Crippen LogP contribution in [0.3, 0.4) is 0 Å². The third-order valence-corrected chi connectivity index (χ3v) is 6.66. The Morgan fingerprint density at radius 3 is 2.50 bits per heavy atom. The van der Waals surface area contributed by atoms with E-state index in [0.717, 1.165) is 30.6 Å². The number of carbonyl (C=O) groups is 2. The van der Waals surface area contributed by atoms with Crippen molar-refractivity contribution in [3.8, 4) is 0 Å². The summed E-state index contributed by atoms with van der Waals surface area (Å²) in [4.78, 5) is 25.0. The summed E-state index contributed by atoms with van der Waals surface area (Å²) in [6.07, 6.45) is 5.97. The Labute approximate surface area is 147 Å². The molecule has 1 heterocycles. The van der Waals surface area contributed by atoms with Gasteiger partial charge in [-0.25, -0.2) is 4.39 Å². The van der Waals surface area contributed by atoms with Crippen LogP contribution in [0, 0.1) is 18.3 Å². The Morgan fingerprint density at radius 2 is 1.96 bits per heavy atom. The number of hydrogen-bond donors (Lipinski definition) is 1. The predicted molar refractivity (Wildman–Crippen MR) is 95.4 cm³/mol. The van der Waals surface area contributed by atoms with Gasteiger partial charge in [-0.2, -0.15) is 0 Å². The number of rotatable bonds is 4. The minimum absolute atomic E-state index is 0.0103. The van der Waals surface area contributed by atoms with Gasteiger partial charge in [0, 0.05) is 16.7 Å². The van der Waals surface area contributed by atoms with Gasteiger partial charge in [-0.05, 0) is 70.6 Å². The van der Waals surface area contributed by atoms with Crippen molar-refractivity contribution in [3.63, 3.8) is 0 Å². The number of Topliss-reactive ketones (excluding diaryl/α,β-unsaturated/α-hetero) is 1. The molecule has 5 heteroatoms. The van der Waals surface area contributed by atoms with Gasteiger partial charge >= 0.3 is 0 Å². The second-order valence-corrected chi connectivity index (χ2v) is 9.18. The summed E-state index contributed by atoms with van der Waals surface area (Å²) in [7, 11) is 0. The fraction of sp³-hybridized carbons (Fsp3) is 0.684. The molecule has 0 bridgehead atoms. The summed E-state index contributed by atoms with van der Waals surface area (Å²) in [5.74, 6) is 0.346. The van der Waals surface area contributed by atoms with Gasteiger partial charge in [0.25, 0.3) is 0 Å². The van der Waals surface area contributed by atoms with Gasteiger partial charge in [0.2, 0.25) is 5.91 Å². The number of nitrogens with one attached hydrogen (secondary N) is 1. The lowest BCUT2D eigenvalue weighted by atomic mass is 9.53. The van der Waals surface area contributed by atoms with Crippen LogP contribution in [0.15, 0.2) is 5.38 Å². The third-order valence-electron chi connectivity index (χ3n) is 5.75. The number of halogens is 1. The summed E-state index contributed by atoms with van der Waals surface area (Å²) in [6, 6.07) is 0. The zero-order chi connectivity index (χ0) is 17.5. The molecule has 1 aromatic rings. The fourth-order valence-corrected chi connectivity index (χ4v) is 5.54. The highest BCUT2D eigenvalue weighted by Crippen LogP contribution is 2.59. The molecule has 0 saturated heterocycles. The number of thiophene rings is 1. The van der Waals surface area contributed by atoms with Crippen molar-refractivity contribution in [3.05, 3.63) is 15.8 Å². The number of anilines is 1. The molecule has 132 valence electrons. The molecule has 2 fully saturated rings. The Morgan fingerprint density at radius 1 is 1.33 bits per heavy atom. The molecule has 1 N–H and O–H groups in total. The van der Waals surface area contributed by atoms with Gasteiger partial charge in [-0.15, -0.1) is 11.3 Å². The van der Waals surface area contributed by atoms with Gasteiger partial charge < -0.3 is 5.32 Å². The van der Waals surface area contributed by atoms with Crippen LogP contribution in [0.4, 0.5) is 10.1 Å². The van der Waals surface area contributed by atoms with Crippen molar-refractivity contribution in [2.45, 2.75) is 71.4 Å². The highest BCUT2D eigenvalue weighted by Gasteiger charge is 2.53. The van der Waals surface area contributed by atoms with E-state index in [-0.39, 0.29) is 17.1 Å². The van der Waals surface area contributed by atoms with Gasteiger partial charge in [-0.3, -0.25) is 9.59 Å². The first-order chi connectivity index (χ1) is 11.2. The molecule has 0 unspecified atom stereocenters. The summed E-state index contributed by atoms with van der Waals surface area (Å²) >= 11 is 1.49. The van der Waals surface area contributed by atoms with E-state index >= 15 is 0 Å². The molecule has 3 nitrogen and oxygen atoms in total. The van der Waals surface area contributed by atoms with Crippen molar-refractivity contribution in [1.82, 2.24) is 0 Å². The molecule has 1 amide bonds. The van der Waals surface area contributed by atoms with Crippen LogP contribution < -0.4 is 5.32 Å². The van der Waals surface area contributed by atoms with E-state index in [0.29, 0.717) is 36.4 Å². The monoisotopic (exact) mass is 351 g/mol. The van der Waals surface area contributed by atoms with E-state index in [1.807, 2.05) is 12.3 Å². The SMILES string of the molecule is CC(=O)c1csc(C)c1NC(=O)CC1CCC2(CC1)CC(C)(F)C2. The standard InChI is InChI=1S/C19H26FNO2S/c1-12(22)15-9-24-13(2)17(15)21-16(23)8-14-4-6-19(7-5-14)10-18(3,20)11-19/h9,14H,4-8,10-11H2,1-3H3,(H,21,23). The second-order valence-electron chi connectivity index (χ2n) is 8.10. The van der Waals surface area contributed by atoms with Crippen LogP contribution in [0.2, 0.25) is 0 Å². The molecule has 1 spiro atoms. The molecular formula is C19H26FNO2S. The predicted octanol–water partition coefficient (Wildman–Crippen LogP) is 5.29. The number of ketones is 1. The summed E-state index contributed by atoms with van der Waals surface area (Å²) in [5.41, 5.74) is 0.522. The third kappa shape index (κ3) is 3.56. The van der Waals surface area contributed by atoms with Crippen molar-refractivity contribution >= 4 is 28.7 Å². The molecule has 0 aromatic carbocycles. The van der Waals surface area contributed by atoms with E-state index in [1.165, 1.54) is 18.3 Å². The van der Waals surface area contributed by atoms with Gasteiger partial charge in [0.15, 0.2) is 5.78 Å². The number of hydrogen-bond acceptors (Lipinski definition) is 3.